The van der Waals surface area contributed by atoms with Crippen LogP contribution in [0.2, 0.25) is 0 Å². The van der Waals surface area contributed by atoms with Crippen LogP contribution in [0, 0.1) is 6.92 Å². The van der Waals surface area contributed by atoms with Gasteiger partial charge in [0.1, 0.15) is 5.75 Å². The number of carboxylic acids is 1. The molecule has 3 rings (SSSR count). The molecule has 2 aromatic carbocycles. The summed E-state index contributed by atoms with van der Waals surface area (Å²) in [6, 6.07) is 10.3. The Balaban J connectivity index is 1.93. The van der Waals surface area contributed by atoms with E-state index in [4.69, 9.17) is 9.84 Å². The Morgan fingerprint density at radius 2 is 1.90 bits per heavy atom. The first-order valence-corrected chi connectivity index (χ1v) is 10.3. The van der Waals surface area contributed by atoms with Gasteiger partial charge in [-0.25, -0.2) is 9.79 Å². The molecule has 1 heterocycles. The summed E-state index contributed by atoms with van der Waals surface area (Å²) in [6.07, 6.45) is 1.89. The van der Waals surface area contributed by atoms with Crippen molar-refractivity contribution >= 4 is 40.6 Å². The lowest BCUT2D eigenvalue weighted by Crippen LogP contribution is -2.23. The van der Waals surface area contributed by atoms with Gasteiger partial charge in [0, 0.05) is 7.05 Å². The number of carbonyl (C=O) groups is 2. The molecule has 0 atom stereocenters. The quantitative estimate of drug-likeness (QED) is 0.679. The molecule has 7 heteroatoms. The molecule has 0 aromatic heterocycles. The highest BCUT2D eigenvalue weighted by Gasteiger charge is 2.30. The third kappa shape index (κ3) is 4.41. The Bertz CT molecular complexity index is 1060. The smallest absolute Gasteiger partial charge is 0.335 e. The lowest BCUT2D eigenvalue weighted by molar-refractivity contribution is -0.121. The number of rotatable bonds is 5. The highest BCUT2D eigenvalue weighted by Crippen LogP contribution is 2.36. The molecular formula is C23H24N2O4S. The minimum atomic E-state index is -0.988. The van der Waals surface area contributed by atoms with Crippen molar-refractivity contribution in [3.8, 4) is 5.75 Å². The van der Waals surface area contributed by atoms with Crippen molar-refractivity contribution in [2.24, 2.45) is 4.99 Å². The molecule has 0 radical (unpaired) electrons. The first-order chi connectivity index (χ1) is 14.2. The van der Waals surface area contributed by atoms with Gasteiger partial charge in [0.05, 0.1) is 23.3 Å². The molecule has 0 spiro atoms. The minimum absolute atomic E-state index is 0.123. The Morgan fingerprint density at radius 3 is 2.47 bits per heavy atom. The molecule has 1 aliphatic rings. The van der Waals surface area contributed by atoms with Crippen LogP contribution < -0.4 is 4.74 Å². The second kappa shape index (κ2) is 8.75. The summed E-state index contributed by atoms with van der Waals surface area (Å²) in [7, 11) is 3.34. The fourth-order valence-corrected chi connectivity index (χ4v) is 4.06. The molecule has 0 saturated carbocycles. The van der Waals surface area contributed by atoms with E-state index in [2.05, 4.69) is 24.9 Å². The van der Waals surface area contributed by atoms with Crippen LogP contribution in [0.4, 0.5) is 5.69 Å². The van der Waals surface area contributed by atoms with Gasteiger partial charge < -0.3 is 9.84 Å². The van der Waals surface area contributed by atoms with Crippen molar-refractivity contribution in [1.82, 2.24) is 4.90 Å². The van der Waals surface area contributed by atoms with Gasteiger partial charge in [-0.1, -0.05) is 13.8 Å². The summed E-state index contributed by atoms with van der Waals surface area (Å²) in [6.45, 7) is 6.20. The van der Waals surface area contributed by atoms with E-state index in [1.807, 2.05) is 19.1 Å². The molecule has 1 saturated heterocycles. The van der Waals surface area contributed by atoms with E-state index in [1.54, 1.807) is 26.3 Å². The van der Waals surface area contributed by atoms with Crippen LogP contribution in [0.25, 0.3) is 6.08 Å². The summed E-state index contributed by atoms with van der Waals surface area (Å²) in [5.41, 5.74) is 3.86. The van der Waals surface area contributed by atoms with E-state index in [9.17, 15) is 9.59 Å². The molecule has 30 heavy (non-hydrogen) atoms. The lowest BCUT2D eigenvalue weighted by atomic mass is 9.96. The van der Waals surface area contributed by atoms with Gasteiger partial charge in [-0.05, 0) is 83.8 Å². The third-order valence-electron chi connectivity index (χ3n) is 4.87. The molecule has 0 unspecified atom stereocenters. The third-order valence-corrected chi connectivity index (χ3v) is 5.93. The van der Waals surface area contributed by atoms with Gasteiger partial charge in [-0.2, -0.15) is 0 Å². The van der Waals surface area contributed by atoms with E-state index >= 15 is 0 Å². The fourth-order valence-electron chi connectivity index (χ4n) is 3.08. The predicted octanol–water partition coefficient (Wildman–Crippen LogP) is 5.06. The molecule has 1 N–H and O–H groups in total. The van der Waals surface area contributed by atoms with Gasteiger partial charge in [0.2, 0.25) is 0 Å². The first-order valence-electron chi connectivity index (χ1n) is 9.49. The number of hydrogen-bond donors (Lipinski definition) is 1. The van der Waals surface area contributed by atoms with Crippen molar-refractivity contribution in [1.29, 1.82) is 0 Å². The van der Waals surface area contributed by atoms with Gasteiger partial charge >= 0.3 is 5.97 Å². The number of aromatic carboxylic acids is 1. The van der Waals surface area contributed by atoms with Crippen LogP contribution >= 0.6 is 11.8 Å². The maximum atomic E-state index is 12.8. The van der Waals surface area contributed by atoms with Crippen LogP contribution in [0.5, 0.6) is 5.75 Å². The normalized spacial score (nSPS) is 16.7. The SMILES string of the molecule is COc1cc(C)c(/C=C2\SC(=Nc3ccc(C(=O)O)cc3)N(C)C2=O)cc1C(C)C. The molecule has 156 valence electrons. The van der Waals surface area contributed by atoms with Crippen molar-refractivity contribution in [2.45, 2.75) is 26.7 Å². The fraction of sp³-hybridized carbons (Fsp3) is 0.261. The van der Waals surface area contributed by atoms with Crippen molar-refractivity contribution in [2.75, 3.05) is 14.2 Å². The Kier molecular flexibility index (Phi) is 6.31. The molecule has 6 nitrogen and oxygen atoms in total. The number of thioether (sulfide) groups is 1. The monoisotopic (exact) mass is 424 g/mol. The number of methoxy groups -OCH3 is 1. The Labute approximate surface area is 180 Å². The average molecular weight is 425 g/mol. The van der Waals surface area contributed by atoms with Crippen LogP contribution in [-0.4, -0.2) is 41.2 Å². The number of benzene rings is 2. The highest BCUT2D eigenvalue weighted by molar-refractivity contribution is 8.18. The summed E-state index contributed by atoms with van der Waals surface area (Å²) >= 11 is 1.30. The number of carbonyl (C=O) groups excluding carboxylic acids is 1. The van der Waals surface area contributed by atoms with Gasteiger partial charge in [0.25, 0.3) is 5.91 Å². The number of aryl methyl sites for hydroxylation is 1. The number of aliphatic imine (C=N–C) groups is 1. The number of amidine groups is 1. The van der Waals surface area contributed by atoms with E-state index in [0.29, 0.717) is 21.7 Å². The van der Waals surface area contributed by atoms with Gasteiger partial charge in [-0.3, -0.25) is 9.69 Å². The van der Waals surface area contributed by atoms with Gasteiger partial charge in [-0.15, -0.1) is 0 Å². The standard InChI is InChI=1S/C23H24N2O4S/c1-13(2)18-11-16(14(3)10-19(18)29-5)12-20-21(26)25(4)23(30-20)24-17-8-6-15(7-9-17)22(27)28/h6-13H,1-5H3,(H,27,28)/b20-12-,24-23?. The second-order valence-electron chi connectivity index (χ2n) is 7.33. The number of carboxylic acid groups (broad SMARTS) is 1. The Morgan fingerprint density at radius 1 is 1.23 bits per heavy atom. The maximum absolute atomic E-state index is 12.8. The van der Waals surface area contributed by atoms with Crippen molar-refractivity contribution in [3.63, 3.8) is 0 Å². The molecule has 1 aliphatic heterocycles. The molecular weight excluding hydrogens is 400 g/mol. The second-order valence-corrected chi connectivity index (χ2v) is 8.34. The molecule has 2 aromatic rings. The number of likely N-dealkylation sites (N-methyl/N-ethyl adjacent to an activating group) is 1. The van der Waals surface area contributed by atoms with E-state index < -0.39 is 5.97 Å². The lowest BCUT2D eigenvalue weighted by Gasteiger charge is -2.14. The van der Waals surface area contributed by atoms with Crippen molar-refractivity contribution < 1.29 is 19.4 Å². The minimum Gasteiger partial charge on any atom is -0.496 e. The van der Waals surface area contributed by atoms with E-state index in [-0.39, 0.29) is 11.5 Å². The zero-order valence-corrected chi connectivity index (χ0v) is 18.4. The zero-order chi connectivity index (χ0) is 22.0. The highest BCUT2D eigenvalue weighted by atomic mass is 32.2. The van der Waals surface area contributed by atoms with E-state index in [0.717, 1.165) is 22.4 Å². The average Bonchev–Trinajstić information content (AvgIpc) is 2.97. The maximum Gasteiger partial charge on any atom is 0.335 e. The summed E-state index contributed by atoms with van der Waals surface area (Å²) in [5.74, 6) is 0.0252. The predicted molar refractivity (Wildman–Crippen MR) is 121 cm³/mol. The number of amides is 1. The zero-order valence-electron chi connectivity index (χ0n) is 17.6. The van der Waals surface area contributed by atoms with Crippen LogP contribution in [0.15, 0.2) is 46.3 Å². The van der Waals surface area contributed by atoms with Crippen LogP contribution in [0.3, 0.4) is 0 Å². The van der Waals surface area contributed by atoms with Gasteiger partial charge in [0.15, 0.2) is 5.17 Å². The molecule has 0 bridgehead atoms. The molecule has 0 aliphatic carbocycles. The summed E-state index contributed by atoms with van der Waals surface area (Å²) < 4.78 is 5.50. The largest absolute Gasteiger partial charge is 0.496 e. The van der Waals surface area contributed by atoms with Crippen molar-refractivity contribution in [3.05, 3.63) is 63.6 Å². The summed E-state index contributed by atoms with van der Waals surface area (Å²) in [4.78, 5) is 30.4. The number of nitrogens with zero attached hydrogens (tertiary/aromatic N) is 2. The van der Waals surface area contributed by atoms with E-state index in [1.165, 1.54) is 28.8 Å². The first kappa shape index (κ1) is 21.6. The number of ether oxygens (including phenoxy) is 1. The Hall–Kier alpha value is -3.06. The topological polar surface area (TPSA) is 79.2 Å². The molecule has 1 amide bonds. The number of hydrogen-bond acceptors (Lipinski definition) is 5. The van der Waals surface area contributed by atoms with Crippen LogP contribution in [0.1, 0.15) is 46.8 Å². The van der Waals surface area contributed by atoms with Crippen LogP contribution in [-0.2, 0) is 4.79 Å². The summed E-state index contributed by atoms with van der Waals surface area (Å²) in [5, 5.41) is 9.56. The molecule has 1 fully saturated rings.